The fraction of sp³-hybridized carbons (Fsp3) is 0.562. The largest absolute Gasteiger partial charge is 0.355 e. The topological polar surface area (TPSA) is 41.1 Å². The zero-order chi connectivity index (χ0) is 14.3. The summed E-state index contributed by atoms with van der Waals surface area (Å²) in [6, 6.07) is 10.5. The zero-order valence-corrected chi connectivity index (χ0v) is 12.5. The van der Waals surface area contributed by atoms with Gasteiger partial charge >= 0.3 is 0 Å². The molecule has 0 spiro atoms. The van der Waals surface area contributed by atoms with Crippen LogP contribution in [0.1, 0.15) is 39.7 Å². The third-order valence-electron chi connectivity index (χ3n) is 3.32. The van der Waals surface area contributed by atoms with Gasteiger partial charge in [-0.15, -0.1) is 0 Å². The number of hydrogen-bond donors (Lipinski definition) is 2. The van der Waals surface area contributed by atoms with E-state index < -0.39 is 0 Å². The molecule has 1 amide bonds. The van der Waals surface area contributed by atoms with Crippen LogP contribution in [0, 0.1) is 0 Å². The zero-order valence-electron chi connectivity index (χ0n) is 12.5. The van der Waals surface area contributed by atoms with Gasteiger partial charge in [-0.1, -0.05) is 51.1 Å². The monoisotopic (exact) mass is 262 g/mol. The van der Waals surface area contributed by atoms with E-state index in [9.17, 15) is 4.79 Å². The van der Waals surface area contributed by atoms with E-state index in [1.807, 2.05) is 18.2 Å². The van der Waals surface area contributed by atoms with Crippen LogP contribution in [-0.4, -0.2) is 25.0 Å². The van der Waals surface area contributed by atoms with Gasteiger partial charge in [0.05, 0.1) is 0 Å². The fourth-order valence-corrected chi connectivity index (χ4v) is 2.14. The maximum Gasteiger partial charge on any atom is 0.220 e. The van der Waals surface area contributed by atoms with Crippen LogP contribution in [0.25, 0.3) is 0 Å². The summed E-state index contributed by atoms with van der Waals surface area (Å²) in [5.41, 5.74) is 1.07. The van der Waals surface area contributed by atoms with E-state index in [4.69, 9.17) is 0 Å². The van der Waals surface area contributed by atoms with Gasteiger partial charge in [0, 0.05) is 19.0 Å². The first-order valence-electron chi connectivity index (χ1n) is 7.01. The normalized spacial score (nSPS) is 13.1. The minimum Gasteiger partial charge on any atom is -0.355 e. The van der Waals surface area contributed by atoms with Gasteiger partial charge in [0.2, 0.25) is 5.91 Å². The second kappa shape index (κ2) is 7.29. The first kappa shape index (κ1) is 15.7. The van der Waals surface area contributed by atoms with E-state index in [0.29, 0.717) is 19.0 Å². The molecule has 1 atom stereocenters. The van der Waals surface area contributed by atoms with E-state index in [0.717, 1.165) is 6.54 Å². The molecule has 1 aromatic rings. The Morgan fingerprint density at radius 2 is 1.89 bits per heavy atom. The molecule has 0 saturated heterocycles. The summed E-state index contributed by atoms with van der Waals surface area (Å²) in [4.78, 5) is 12.0. The van der Waals surface area contributed by atoms with Crippen LogP contribution in [0.3, 0.4) is 0 Å². The van der Waals surface area contributed by atoms with Crippen LogP contribution in [0.15, 0.2) is 30.3 Å². The van der Waals surface area contributed by atoms with Crippen molar-refractivity contribution in [3.05, 3.63) is 35.9 Å². The lowest BCUT2D eigenvalue weighted by atomic mass is 9.81. The highest BCUT2D eigenvalue weighted by atomic mass is 16.1. The van der Waals surface area contributed by atoms with Crippen molar-refractivity contribution in [1.82, 2.24) is 10.6 Å². The van der Waals surface area contributed by atoms with Crippen LogP contribution in [-0.2, 0) is 10.2 Å². The second-order valence-electron chi connectivity index (χ2n) is 5.69. The SMILES string of the molecule is CCN[C@H](C)CNC(=O)CC(C)(C)c1ccccc1. The molecule has 2 N–H and O–H groups in total. The first-order chi connectivity index (χ1) is 8.95. The average molecular weight is 262 g/mol. The maximum atomic E-state index is 12.0. The molecule has 0 saturated carbocycles. The highest BCUT2D eigenvalue weighted by molar-refractivity contribution is 5.77. The van der Waals surface area contributed by atoms with Gasteiger partial charge in [-0.05, 0) is 24.4 Å². The van der Waals surface area contributed by atoms with E-state index in [-0.39, 0.29) is 11.3 Å². The summed E-state index contributed by atoms with van der Waals surface area (Å²) >= 11 is 0. The number of benzene rings is 1. The van der Waals surface area contributed by atoms with Crippen LogP contribution in [0.2, 0.25) is 0 Å². The van der Waals surface area contributed by atoms with Gasteiger partial charge in [-0.25, -0.2) is 0 Å². The quantitative estimate of drug-likeness (QED) is 0.792. The number of hydrogen-bond acceptors (Lipinski definition) is 2. The molecule has 3 nitrogen and oxygen atoms in total. The van der Waals surface area contributed by atoms with Gasteiger partial charge in [0.25, 0.3) is 0 Å². The first-order valence-corrected chi connectivity index (χ1v) is 7.01. The molecular formula is C16H26N2O. The van der Waals surface area contributed by atoms with E-state index >= 15 is 0 Å². The standard InChI is InChI=1S/C16H26N2O/c1-5-17-13(2)12-18-15(19)11-16(3,4)14-9-7-6-8-10-14/h6-10,13,17H,5,11-12H2,1-4H3,(H,18,19)/t13-/m1/s1. The molecule has 0 radical (unpaired) electrons. The van der Waals surface area contributed by atoms with Crippen molar-refractivity contribution >= 4 is 5.91 Å². The van der Waals surface area contributed by atoms with Crippen molar-refractivity contribution in [1.29, 1.82) is 0 Å². The number of likely N-dealkylation sites (N-methyl/N-ethyl adjacent to an activating group) is 1. The Morgan fingerprint density at radius 1 is 1.26 bits per heavy atom. The predicted octanol–water partition coefficient (Wildman–Crippen LogP) is 2.47. The van der Waals surface area contributed by atoms with Crippen molar-refractivity contribution in [2.45, 2.75) is 45.6 Å². The number of nitrogens with one attached hydrogen (secondary N) is 2. The number of carbonyl (C=O) groups is 1. The summed E-state index contributed by atoms with van der Waals surface area (Å²) in [6.07, 6.45) is 0.510. The van der Waals surface area contributed by atoms with Gasteiger partial charge in [0.1, 0.15) is 0 Å². The molecule has 3 heteroatoms. The van der Waals surface area contributed by atoms with Crippen molar-refractivity contribution in [3.63, 3.8) is 0 Å². The lowest BCUT2D eigenvalue weighted by molar-refractivity contribution is -0.122. The van der Waals surface area contributed by atoms with E-state index in [1.165, 1.54) is 5.56 Å². The molecule has 19 heavy (non-hydrogen) atoms. The number of amides is 1. The molecule has 0 unspecified atom stereocenters. The Hall–Kier alpha value is -1.35. The van der Waals surface area contributed by atoms with Gasteiger partial charge in [-0.3, -0.25) is 4.79 Å². The van der Waals surface area contributed by atoms with Crippen molar-refractivity contribution in [2.75, 3.05) is 13.1 Å². The Kier molecular flexibility index (Phi) is 6.03. The summed E-state index contributed by atoms with van der Waals surface area (Å²) in [6.45, 7) is 9.96. The molecule has 106 valence electrons. The van der Waals surface area contributed by atoms with Gasteiger partial charge < -0.3 is 10.6 Å². The third kappa shape index (κ3) is 5.43. The van der Waals surface area contributed by atoms with E-state index in [2.05, 4.69) is 50.5 Å². The molecule has 1 rings (SSSR count). The molecule has 0 aliphatic heterocycles. The Bertz CT molecular complexity index is 387. The molecule has 1 aromatic carbocycles. The molecule has 0 bridgehead atoms. The Balaban J connectivity index is 2.47. The number of carbonyl (C=O) groups excluding carboxylic acids is 1. The lowest BCUT2D eigenvalue weighted by Crippen LogP contribution is -2.40. The molecule has 0 fully saturated rings. The van der Waals surface area contributed by atoms with Crippen molar-refractivity contribution in [3.8, 4) is 0 Å². The maximum absolute atomic E-state index is 12.0. The van der Waals surface area contributed by atoms with Crippen LogP contribution >= 0.6 is 0 Å². The van der Waals surface area contributed by atoms with Crippen LogP contribution in [0.4, 0.5) is 0 Å². The van der Waals surface area contributed by atoms with Crippen LogP contribution in [0.5, 0.6) is 0 Å². The minimum absolute atomic E-state index is 0.110. The highest BCUT2D eigenvalue weighted by Crippen LogP contribution is 2.26. The van der Waals surface area contributed by atoms with Crippen molar-refractivity contribution in [2.24, 2.45) is 0 Å². The van der Waals surface area contributed by atoms with Crippen LogP contribution < -0.4 is 10.6 Å². The predicted molar refractivity (Wildman–Crippen MR) is 80.2 cm³/mol. The second-order valence-corrected chi connectivity index (χ2v) is 5.69. The summed E-state index contributed by atoms with van der Waals surface area (Å²) in [5, 5.41) is 6.27. The Labute approximate surface area is 116 Å². The average Bonchev–Trinajstić information content (AvgIpc) is 2.37. The molecule has 0 aliphatic rings. The summed E-state index contributed by atoms with van der Waals surface area (Å²) < 4.78 is 0. The van der Waals surface area contributed by atoms with E-state index in [1.54, 1.807) is 0 Å². The smallest absolute Gasteiger partial charge is 0.220 e. The highest BCUT2D eigenvalue weighted by Gasteiger charge is 2.23. The number of rotatable bonds is 7. The van der Waals surface area contributed by atoms with Gasteiger partial charge in [-0.2, -0.15) is 0 Å². The lowest BCUT2D eigenvalue weighted by Gasteiger charge is -2.25. The summed E-state index contributed by atoms with van der Waals surface area (Å²) in [7, 11) is 0. The van der Waals surface area contributed by atoms with Crippen molar-refractivity contribution < 1.29 is 4.79 Å². The molecular weight excluding hydrogens is 236 g/mol. The molecule has 0 heterocycles. The minimum atomic E-state index is -0.132. The third-order valence-corrected chi connectivity index (χ3v) is 3.32. The van der Waals surface area contributed by atoms with Gasteiger partial charge in [0.15, 0.2) is 0 Å². The molecule has 0 aliphatic carbocycles. The summed E-state index contributed by atoms with van der Waals surface area (Å²) in [5.74, 6) is 0.110. The fourth-order valence-electron chi connectivity index (χ4n) is 2.14. The molecule has 0 aromatic heterocycles. The Morgan fingerprint density at radius 3 is 2.47 bits per heavy atom.